The van der Waals surface area contributed by atoms with Crippen LogP contribution >= 0.6 is 28.1 Å². The minimum atomic E-state index is -0.290. The maximum absolute atomic E-state index is 11.8. The molecule has 1 unspecified atom stereocenters. The molecule has 126 valence electrons. The molecule has 0 spiro atoms. The number of rotatable bonds is 6. The topological polar surface area (TPSA) is 59.6 Å². The number of ether oxygens (including phenoxy) is 2. The molecule has 1 heterocycles. The van der Waals surface area contributed by atoms with E-state index < -0.39 is 0 Å². The second-order valence-electron chi connectivity index (χ2n) is 5.30. The number of carbonyl (C=O) groups is 1. The zero-order chi connectivity index (χ0) is 16.7. The van der Waals surface area contributed by atoms with Crippen LogP contribution in [0.5, 0.6) is 5.75 Å². The highest BCUT2D eigenvalue weighted by molar-refractivity contribution is 9.10. The van der Waals surface area contributed by atoms with E-state index in [9.17, 15) is 4.79 Å². The van der Waals surface area contributed by atoms with Gasteiger partial charge in [-0.15, -0.1) is 0 Å². The molecule has 1 amide bonds. The van der Waals surface area contributed by atoms with Gasteiger partial charge in [0.15, 0.2) is 11.7 Å². The molecule has 0 aromatic heterocycles. The van der Waals surface area contributed by atoms with Crippen molar-refractivity contribution in [1.82, 2.24) is 10.6 Å². The van der Waals surface area contributed by atoms with Crippen LogP contribution in [0.25, 0.3) is 0 Å². The van der Waals surface area contributed by atoms with Gasteiger partial charge in [-0.2, -0.15) is 0 Å². The number of thiocarbonyl (C=S) groups is 1. The largest absolute Gasteiger partial charge is 0.483 e. The Bertz CT molecular complexity index is 562. The lowest BCUT2D eigenvalue weighted by Gasteiger charge is -2.14. The van der Waals surface area contributed by atoms with Crippen molar-refractivity contribution in [3.63, 3.8) is 0 Å². The van der Waals surface area contributed by atoms with Crippen LogP contribution in [0.2, 0.25) is 0 Å². The number of aryl methyl sites for hydroxylation is 1. The summed E-state index contributed by atoms with van der Waals surface area (Å²) in [5.41, 5.74) is 1.20. The zero-order valence-corrected chi connectivity index (χ0v) is 15.5. The number of nitrogens with one attached hydrogen (secondary N) is 2. The van der Waals surface area contributed by atoms with Crippen molar-refractivity contribution in [3.8, 4) is 5.75 Å². The molecule has 2 N–H and O–H groups in total. The van der Waals surface area contributed by atoms with Crippen molar-refractivity contribution >= 4 is 39.2 Å². The zero-order valence-electron chi connectivity index (χ0n) is 13.1. The fraction of sp³-hybridized carbons (Fsp3) is 0.500. The van der Waals surface area contributed by atoms with Crippen molar-refractivity contribution in [3.05, 3.63) is 28.2 Å². The van der Waals surface area contributed by atoms with E-state index in [0.29, 0.717) is 17.4 Å². The third-order valence-electron chi connectivity index (χ3n) is 3.53. The molecule has 1 aliphatic heterocycles. The molecular weight excluding hydrogens is 380 g/mol. The quantitative estimate of drug-likeness (QED) is 0.718. The van der Waals surface area contributed by atoms with Crippen LogP contribution < -0.4 is 15.4 Å². The first-order valence-corrected chi connectivity index (χ1v) is 8.89. The molecule has 2 rings (SSSR count). The summed E-state index contributed by atoms with van der Waals surface area (Å²) in [6, 6.07) is 5.82. The predicted molar refractivity (Wildman–Crippen MR) is 96.7 cm³/mol. The fourth-order valence-corrected chi connectivity index (χ4v) is 2.98. The van der Waals surface area contributed by atoms with Gasteiger partial charge in [0, 0.05) is 13.2 Å². The maximum atomic E-state index is 11.8. The van der Waals surface area contributed by atoms with Crippen LogP contribution in [0.15, 0.2) is 22.7 Å². The standard InChI is InChI=1S/C16H21BrN2O3S/c1-2-11-5-6-14(13(17)8-11)22-10-15(20)19-16(23)18-9-12-4-3-7-21-12/h5-6,8,12H,2-4,7,9-10H2,1H3,(H2,18,19,20,23). The number of halogens is 1. The molecule has 7 heteroatoms. The Kier molecular flexibility index (Phi) is 7.26. The monoisotopic (exact) mass is 400 g/mol. The second-order valence-corrected chi connectivity index (χ2v) is 6.56. The van der Waals surface area contributed by atoms with E-state index in [1.165, 1.54) is 5.56 Å². The first-order valence-electron chi connectivity index (χ1n) is 7.69. The lowest BCUT2D eigenvalue weighted by Crippen LogP contribution is -2.43. The van der Waals surface area contributed by atoms with Crippen LogP contribution in [0.4, 0.5) is 0 Å². The summed E-state index contributed by atoms with van der Waals surface area (Å²) in [4.78, 5) is 11.8. The molecule has 0 saturated carbocycles. The van der Waals surface area contributed by atoms with Gasteiger partial charge in [0.1, 0.15) is 5.75 Å². The van der Waals surface area contributed by atoms with Crippen molar-refractivity contribution in [2.45, 2.75) is 32.3 Å². The molecule has 1 saturated heterocycles. The van der Waals surface area contributed by atoms with Crippen LogP contribution in [0.3, 0.4) is 0 Å². The molecule has 0 radical (unpaired) electrons. The van der Waals surface area contributed by atoms with E-state index in [2.05, 4.69) is 33.5 Å². The number of carbonyl (C=O) groups excluding carboxylic acids is 1. The molecule has 5 nitrogen and oxygen atoms in total. The Morgan fingerprint density at radius 2 is 2.35 bits per heavy atom. The van der Waals surface area contributed by atoms with E-state index >= 15 is 0 Å². The second kappa shape index (κ2) is 9.20. The van der Waals surface area contributed by atoms with Crippen LogP contribution in [-0.2, 0) is 16.0 Å². The SMILES string of the molecule is CCc1ccc(OCC(=O)NC(=S)NCC2CCCO2)c(Br)c1. The molecular formula is C16H21BrN2O3S. The Hall–Kier alpha value is -1.18. The average molecular weight is 401 g/mol. The average Bonchev–Trinajstić information content (AvgIpc) is 3.05. The predicted octanol–water partition coefficient (Wildman–Crippen LogP) is 2.56. The van der Waals surface area contributed by atoms with Crippen molar-refractivity contribution in [2.24, 2.45) is 0 Å². The summed E-state index contributed by atoms with van der Waals surface area (Å²) in [6.07, 6.45) is 3.22. The van der Waals surface area contributed by atoms with Gasteiger partial charge in [-0.25, -0.2) is 0 Å². The van der Waals surface area contributed by atoms with E-state index in [0.717, 1.165) is 30.3 Å². The smallest absolute Gasteiger partial charge is 0.264 e. The van der Waals surface area contributed by atoms with Gasteiger partial charge in [0.2, 0.25) is 0 Å². The van der Waals surface area contributed by atoms with E-state index in [1.807, 2.05) is 18.2 Å². The van der Waals surface area contributed by atoms with Crippen molar-refractivity contribution in [1.29, 1.82) is 0 Å². The highest BCUT2D eigenvalue weighted by Crippen LogP contribution is 2.26. The summed E-state index contributed by atoms with van der Waals surface area (Å²) in [5, 5.41) is 5.89. The lowest BCUT2D eigenvalue weighted by molar-refractivity contribution is -0.121. The number of amides is 1. The van der Waals surface area contributed by atoms with Gasteiger partial charge in [-0.1, -0.05) is 13.0 Å². The van der Waals surface area contributed by atoms with Gasteiger partial charge >= 0.3 is 0 Å². The third-order valence-corrected chi connectivity index (χ3v) is 4.40. The lowest BCUT2D eigenvalue weighted by atomic mass is 10.2. The van der Waals surface area contributed by atoms with Crippen molar-refractivity contribution < 1.29 is 14.3 Å². The number of hydrogen-bond donors (Lipinski definition) is 2. The highest BCUT2D eigenvalue weighted by atomic mass is 79.9. The van der Waals surface area contributed by atoms with Crippen LogP contribution in [0, 0.1) is 0 Å². The van der Waals surface area contributed by atoms with E-state index in [-0.39, 0.29) is 18.6 Å². The van der Waals surface area contributed by atoms with Crippen molar-refractivity contribution in [2.75, 3.05) is 19.8 Å². The van der Waals surface area contributed by atoms with Gasteiger partial charge in [-0.3, -0.25) is 4.79 Å². The van der Waals surface area contributed by atoms with Gasteiger partial charge in [0.05, 0.1) is 10.6 Å². The van der Waals surface area contributed by atoms with E-state index in [1.54, 1.807) is 0 Å². The van der Waals surface area contributed by atoms with Gasteiger partial charge < -0.3 is 20.1 Å². The molecule has 23 heavy (non-hydrogen) atoms. The van der Waals surface area contributed by atoms with Gasteiger partial charge in [0.25, 0.3) is 5.91 Å². The van der Waals surface area contributed by atoms with Crippen LogP contribution in [0.1, 0.15) is 25.3 Å². The Morgan fingerprint density at radius 1 is 1.52 bits per heavy atom. The Labute approximate surface area is 150 Å². The van der Waals surface area contributed by atoms with Gasteiger partial charge in [-0.05, 0) is 65.1 Å². The highest BCUT2D eigenvalue weighted by Gasteiger charge is 2.16. The maximum Gasteiger partial charge on any atom is 0.264 e. The summed E-state index contributed by atoms with van der Waals surface area (Å²) in [5.74, 6) is 0.344. The summed E-state index contributed by atoms with van der Waals surface area (Å²) < 4.78 is 11.8. The summed E-state index contributed by atoms with van der Waals surface area (Å²) >= 11 is 8.53. The summed E-state index contributed by atoms with van der Waals surface area (Å²) in [6.45, 7) is 3.40. The Balaban J connectivity index is 1.70. The molecule has 1 aromatic rings. The molecule has 1 aliphatic rings. The number of hydrogen-bond acceptors (Lipinski definition) is 4. The summed E-state index contributed by atoms with van der Waals surface area (Å²) in [7, 11) is 0. The minimum absolute atomic E-state index is 0.0914. The molecule has 1 aromatic carbocycles. The van der Waals surface area contributed by atoms with E-state index in [4.69, 9.17) is 21.7 Å². The molecule has 1 atom stereocenters. The number of benzene rings is 1. The normalized spacial score (nSPS) is 16.9. The first-order chi connectivity index (χ1) is 11.1. The molecule has 1 fully saturated rings. The Morgan fingerprint density at radius 3 is 3.00 bits per heavy atom. The van der Waals surface area contributed by atoms with Crippen LogP contribution in [-0.4, -0.2) is 36.9 Å². The third kappa shape index (κ3) is 6.08. The minimum Gasteiger partial charge on any atom is -0.483 e. The molecule has 0 bridgehead atoms. The molecule has 0 aliphatic carbocycles. The fourth-order valence-electron chi connectivity index (χ4n) is 2.24. The first kappa shape index (κ1) is 18.2.